The molecule has 118 valence electrons. The molecule has 4 atom stereocenters. The van der Waals surface area contributed by atoms with E-state index in [9.17, 15) is 9.18 Å². The summed E-state index contributed by atoms with van der Waals surface area (Å²) in [7, 11) is 0. The number of nitrogens with two attached hydrogens (primary N) is 1. The van der Waals surface area contributed by atoms with E-state index in [1.807, 2.05) is 0 Å². The summed E-state index contributed by atoms with van der Waals surface area (Å²) in [6.45, 7) is 1.42. The Morgan fingerprint density at radius 1 is 1.45 bits per heavy atom. The molecule has 2 fully saturated rings. The topological polar surface area (TPSA) is 77.2 Å². The fraction of sp³-hybridized carbons (Fsp3) is 0.625. The maximum Gasteiger partial charge on any atom is 0.220 e. The summed E-state index contributed by atoms with van der Waals surface area (Å²) in [4.78, 5) is 15.8. The molecule has 1 amide bonds. The van der Waals surface area contributed by atoms with Crippen LogP contribution >= 0.6 is 0 Å². The van der Waals surface area contributed by atoms with Gasteiger partial charge in [0.2, 0.25) is 5.91 Å². The van der Waals surface area contributed by atoms with Gasteiger partial charge in [0.05, 0.1) is 18.5 Å². The van der Waals surface area contributed by atoms with Gasteiger partial charge in [-0.3, -0.25) is 9.78 Å². The van der Waals surface area contributed by atoms with E-state index in [1.54, 1.807) is 0 Å². The first-order valence-corrected chi connectivity index (χ1v) is 7.92. The molecular formula is C16H20FN3O2. The zero-order chi connectivity index (χ0) is 15.3. The van der Waals surface area contributed by atoms with E-state index < -0.39 is 0 Å². The number of aromatic nitrogens is 1. The van der Waals surface area contributed by atoms with Gasteiger partial charge in [-0.2, -0.15) is 0 Å². The lowest BCUT2D eigenvalue weighted by Crippen LogP contribution is -2.46. The van der Waals surface area contributed by atoms with Crippen molar-refractivity contribution in [2.75, 3.05) is 13.2 Å². The lowest BCUT2D eigenvalue weighted by Gasteiger charge is -2.33. The van der Waals surface area contributed by atoms with E-state index in [0.717, 1.165) is 37.9 Å². The van der Waals surface area contributed by atoms with Crippen molar-refractivity contribution in [3.63, 3.8) is 0 Å². The molecule has 1 aliphatic carbocycles. The maximum absolute atomic E-state index is 13.3. The number of carbonyl (C=O) groups excluding carboxylic acids is 1. The quantitative estimate of drug-likeness (QED) is 0.864. The second kappa shape index (κ2) is 4.91. The monoisotopic (exact) mass is 305 g/mol. The van der Waals surface area contributed by atoms with E-state index in [4.69, 9.17) is 10.5 Å². The highest BCUT2D eigenvalue weighted by molar-refractivity contribution is 5.77. The highest BCUT2D eigenvalue weighted by Crippen LogP contribution is 2.58. The fourth-order valence-corrected chi connectivity index (χ4v) is 4.30. The molecule has 1 spiro atoms. The molecule has 0 radical (unpaired) electrons. The van der Waals surface area contributed by atoms with Crippen LogP contribution in [0.5, 0.6) is 5.75 Å². The van der Waals surface area contributed by atoms with E-state index >= 15 is 0 Å². The predicted molar refractivity (Wildman–Crippen MR) is 77.8 cm³/mol. The molecule has 6 heteroatoms. The van der Waals surface area contributed by atoms with E-state index in [2.05, 4.69) is 10.3 Å². The number of carbonyl (C=O) groups is 1. The molecule has 22 heavy (non-hydrogen) atoms. The van der Waals surface area contributed by atoms with Crippen molar-refractivity contribution in [3.8, 4) is 5.75 Å². The van der Waals surface area contributed by atoms with Gasteiger partial charge in [-0.05, 0) is 38.1 Å². The zero-order valence-corrected chi connectivity index (χ0v) is 12.3. The van der Waals surface area contributed by atoms with Gasteiger partial charge in [-0.25, -0.2) is 4.39 Å². The maximum atomic E-state index is 13.3. The highest BCUT2D eigenvalue weighted by Gasteiger charge is 2.60. The van der Waals surface area contributed by atoms with Crippen LogP contribution in [0.3, 0.4) is 0 Å². The number of primary amides is 1. The Labute approximate surface area is 128 Å². The van der Waals surface area contributed by atoms with Crippen molar-refractivity contribution < 1.29 is 13.9 Å². The second-order valence-electron chi connectivity index (χ2n) is 6.77. The first-order chi connectivity index (χ1) is 10.6. The summed E-state index contributed by atoms with van der Waals surface area (Å²) >= 11 is 0. The van der Waals surface area contributed by atoms with Crippen molar-refractivity contribution in [2.45, 2.75) is 37.1 Å². The number of fused-ring (bicyclic) bond motifs is 1. The number of ether oxygens (including phenoxy) is 1. The number of rotatable bonds is 2. The lowest BCUT2D eigenvalue weighted by molar-refractivity contribution is -0.123. The number of halogens is 1. The van der Waals surface area contributed by atoms with Crippen molar-refractivity contribution >= 4 is 5.91 Å². The third kappa shape index (κ3) is 2.17. The molecule has 3 heterocycles. The van der Waals surface area contributed by atoms with Crippen LogP contribution in [0.25, 0.3) is 0 Å². The molecule has 1 saturated heterocycles. The molecule has 3 unspecified atom stereocenters. The van der Waals surface area contributed by atoms with Gasteiger partial charge in [0.15, 0.2) is 0 Å². The normalized spacial score (nSPS) is 36.5. The first kappa shape index (κ1) is 13.9. The minimum Gasteiger partial charge on any atom is -0.492 e. The number of hydrogen-bond donors (Lipinski definition) is 2. The molecule has 0 bridgehead atoms. The lowest BCUT2D eigenvalue weighted by atomic mass is 9.84. The summed E-state index contributed by atoms with van der Waals surface area (Å²) in [5.74, 6) is 0.666. The van der Waals surface area contributed by atoms with E-state index in [1.165, 1.54) is 12.3 Å². The number of nitrogens with one attached hydrogen (secondary N) is 1. The Balaban J connectivity index is 1.57. The van der Waals surface area contributed by atoms with E-state index in [-0.39, 0.29) is 29.1 Å². The number of pyridine rings is 1. The molecule has 5 nitrogen and oxygen atoms in total. The van der Waals surface area contributed by atoms with Crippen LogP contribution < -0.4 is 15.8 Å². The second-order valence-corrected chi connectivity index (χ2v) is 6.77. The van der Waals surface area contributed by atoms with E-state index in [0.29, 0.717) is 18.3 Å². The predicted octanol–water partition coefficient (Wildman–Crippen LogP) is 1.33. The van der Waals surface area contributed by atoms with Gasteiger partial charge in [-0.1, -0.05) is 0 Å². The Kier molecular flexibility index (Phi) is 3.11. The van der Waals surface area contributed by atoms with Crippen LogP contribution in [0.15, 0.2) is 12.3 Å². The molecule has 0 aromatic carbocycles. The number of hydrogen-bond acceptors (Lipinski definition) is 4. The van der Waals surface area contributed by atoms with Crippen LogP contribution in [-0.4, -0.2) is 29.6 Å². The Hall–Kier alpha value is -1.69. The van der Waals surface area contributed by atoms with Crippen molar-refractivity contribution in [1.82, 2.24) is 10.3 Å². The van der Waals surface area contributed by atoms with Gasteiger partial charge in [0.25, 0.3) is 0 Å². The van der Waals surface area contributed by atoms with Crippen LogP contribution in [0, 0.1) is 17.7 Å². The minimum atomic E-state index is -0.366. The number of amides is 1. The zero-order valence-electron chi connectivity index (χ0n) is 12.3. The molecule has 1 aromatic heterocycles. The minimum absolute atomic E-state index is 0.00723. The SMILES string of the molecule is NC(=O)C1CCNC2(C1)CC2[C@H]1CCOc2cc(F)cnc21. The van der Waals surface area contributed by atoms with Crippen molar-refractivity contribution in [1.29, 1.82) is 0 Å². The Morgan fingerprint density at radius 3 is 3.14 bits per heavy atom. The summed E-state index contributed by atoms with van der Waals surface area (Å²) in [5, 5.41) is 3.59. The fourth-order valence-electron chi connectivity index (χ4n) is 4.30. The molecule has 1 saturated carbocycles. The Bertz CT molecular complexity index is 623. The first-order valence-electron chi connectivity index (χ1n) is 7.92. The van der Waals surface area contributed by atoms with Crippen molar-refractivity contribution in [2.24, 2.45) is 17.6 Å². The van der Waals surface area contributed by atoms with Crippen LogP contribution in [0.4, 0.5) is 4.39 Å². The number of piperidine rings is 1. The van der Waals surface area contributed by atoms with Crippen LogP contribution in [0.1, 0.15) is 37.3 Å². The molecule has 1 aromatic rings. The average Bonchev–Trinajstić information content (AvgIpc) is 3.19. The largest absolute Gasteiger partial charge is 0.492 e. The molecule has 3 N–H and O–H groups in total. The van der Waals surface area contributed by atoms with Gasteiger partial charge in [-0.15, -0.1) is 0 Å². The summed E-state index contributed by atoms with van der Waals surface area (Å²) in [6.07, 6.45) is 4.80. The molecule has 4 rings (SSSR count). The number of nitrogens with zero attached hydrogens (tertiary/aromatic N) is 1. The summed E-state index contributed by atoms with van der Waals surface area (Å²) < 4.78 is 18.9. The highest BCUT2D eigenvalue weighted by atomic mass is 19.1. The molecule has 2 aliphatic heterocycles. The van der Waals surface area contributed by atoms with Gasteiger partial charge in [0.1, 0.15) is 11.6 Å². The molecule has 3 aliphatic rings. The third-order valence-electron chi connectivity index (χ3n) is 5.49. The van der Waals surface area contributed by atoms with Crippen LogP contribution in [-0.2, 0) is 4.79 Å². The van der Waals surface area contributed by atoms with Crippen molar-refractivity contribution in [3.05, 3.63) is 23.8 Å². The summed E-state index contributed by atoms with van der Waals surface area (Å²) in [6, 6.07) is 1.42. The summed E-state index contributed by atoms with van der Waals surface area (Å²) in [5.41, 5.74) is 6.36. The van der Waals surface area contributed by atoms with Gasteiger partial charge >= 0.3 is 0 Å². The van der Waals surface area contributed by atoms with Gasteiger partial charge < -0.3 is 15.8 Å². The Morgan fingerprint density at radius 2 is 2.32 bits per heavy atom. The third-order valence-corrected chi connectivity index (χ3v) is 5.49. The average molecular weight is 305 g/mol. The van der Waals surface area contributed by atoms with Gasteiger partial charge in [0, 0.05) is 23.4 Å². The smallest absolute Gasteiger partial charge is 0.220 e. The standard InChI is InChI=1S/C16H20FN3O2/c17-10-5-13-14(19-8-10)11(2-4-22-13)12-7-16(12)6-9(15(18)21)1-3-20-16/h5,8-9,11-12,20H,1-4,6-7H2,(H2,18,21)/t9?,11-,12?,16?/m1/s1. The molecular weight excluding hydrogens is 285 g/mol. The van der Waals surface area contributed by atoms with Crippen LogP contribution in [0.2, 0.25) is 0 Å².